The molecule has 1 aromatic carbocycles. The van der Waals surface area contributed by atoms with Gasteiger partial charge in [0.2, 0.25) is 0 Å². The van der Waals surface area contributed by atoms with Crippen LogP contribution in [0.5, 0.6) is 5.75 Å². The number of carbonyl (C=O) groups excluding carboxylic acids is 1. The molecule has 5 heterocycles. The van der Waals surface area contributed by atoms with Crippen molar-refractivity contribution in [2.24, 2.45) is 0 Å². The number of pyridine rings is 2. The number of aliphatic hydroxyl groups is 1. The van der Waals surface area contributed by atoms with Gasteiger partial charge in [-0.15, -0.1) is 0 Å². The molecule has 38 heavy (non-hydrogen) atoms. The van der Waals surface area contributed by atoms with E-state index in [1.165, 1.54) is 13.2 Å². The van der Waals surface area contributed by atoms with E-state index in [-0.39, 0.29) is 36.3 Å². The number of hydrogen-bond acceptors (Lipinski definition) is 8. The van der Waals surface area contributed by atoms with E-state index in [9.17, 15) is 19.1 Å². The van der Waals surface area contributed by atoms with Crippen LogP contribution in [0.1, 0.15) is 42.0 Å². The highest BCUT2D eigenvalue weighted by Gasteiger charge is 2.40. The third-order valence-corrected chi connectivity index (χ3v) is 8.31. The third kappa shape index (κ3) is 3.90. The molecule has 1 atom stereocenters. The fourth-order valence-electron chi connectivity index (χ4n) is 5.93. The highest BCUT2D eigenvalue weighted by molar-refractivity contribution is 5.89. The predicted molar refractivity (Wildman–Crippen MR) is 138 cm³/mol. The van der Waals surface area contributed by atoms with E-state index in [0.717, 1.165) is 42.7 Å². The Kier molecular flexibility index (Phi) is 6.01. The molecule has 1 N–H and O–H groups in total. The number of halogens is 1. The summed E-state index contributed by atoms with van der Waals surface area (Å²) in [7, 11) is 3.54. The van der Waals surface area contributed by atoms with Crippen molar-refractivity contribution in [1.82, 2.24) is 19.4 Å². The van der Waals surface area contributed by atoms with E-state index in [2.05, 4.69) is 16.8 Å². The monoisotopic (exact) mass is 522 g/mol. The Morgan fingerprint density at radius 1 is 1.16 bits per heavy atom. The van der Waals surface area contributed by atoms with E-state index in [1.54, 1.807) is 23.6 Å². The molecular formula is C28H31FN4O5. The van der Waals surface area contributed by atoms with E-state index in [4.69, 9.17) is 14.5 Å². The van der Waals surface area contributed by atoms with Crippen molar-refractivity contribution >= 4 is 16.9 Å². The number of hydrogen-bond donors (Lipinski definition) is 1. The molecule has 1 unspecified atom stereocenters. The van der Waals surface area contributed by atoms with Gasteiger partial charge in [0.1, 0.15) is 12.2 Å². The maximum Gasteiger partial charge on any atom is 0.309 e. The van der Waals surface area contributed by atoms with Gasteiger partial charge in [-0.05, 0) is 36.7 Å². The summed E-state index contributed by atoms with van der Waals surface area (Å²) in [6, 6.07) is 4.84. The largest absolute Gasteiger partial charge is 0.494 e. The van der Waals surface area contributed by atoms with Gasteiger partial charge in [0, 0.05) is 49.7 Å². The van der Waals surface area contributed by atoms with Crippen LogP contribution in [-0.2, 0) is 34.8 Å². The SMILES string of the molecule is CCC1(O)CC(=O)OCc2c1cc1n(c2=O)Cc2c-1nc1cc(F)c(OC)cc1c2CN1CCN(C)CC1. The van der Waals surface area contributed by atoms with Gasteiger partial charge in [0.05, 0.1) is 42.5 Å². The molecule has 2 aromatic heterocycles. The Hall–Kier alpha value is -3.34. The van der Waals surface area contributed by atoms with Crippen molar-refractivity contribution in [3.05, 3.63) is 56.6 Å². The number of esters is 1. The highest BCUT2D eigenvalue weighted by atomic mass is 19.1. The Morgan fingerprint density at radius 3 is 2.63 bits per heavy atom. The summed E-state index contributed by atoms with van der Waals surface area (Å²) in [5.41, 5.74) is 2.39. The molecule has 1 saturated heterocycles. The first-order chi connectivity index (χ1) is 18.2. The van der Waals surface area contributed by atoms with Crippen molar-refractivity contribution in [3.8, 4) is 17.1 Å². The Bertz CT molecular complexity index is 1530. The number of ether oxygens (including phenoxy) is 2. The first-order valence-electron chi connectivity index (χ1n) is 13.0. The van der Waals surface area contributed by atoms with Crippen molar-refractivity contribution < 1.29 is 23.8 Å². The standard InChI is InChI=1S/C28H31FN4O5/c1-4-28(36)12-25(34)38-15-19-20(28)10-23-26-18(14-33(23)27(19)35)17(13-32-7-5-31(2)6-8-32)16-9-24(37-3)21(29)11-22(16)30-26/h9-11,36H,4-8,12-15H2,1-3H3. The Labute approximate surface area is 219 Å². The quantitative estimate of drug-likeness (QED) is 0.408. The number of methoxy groups -OCH3 is 1. The smallest absolute Gasteiger partial charge is 0.309 e. The second-order valence-corrected chi connectivity index (χ2v) is 10.5. The van der Waals surface area contributed by atoms with E-state index < -0.39 is 17.4 Å². The van der Waals surface area contributed by atoms with Gasteiger partial charge in [0.25, 0.3) is 5.56 Å². The zero-order valence-electron chi connectivity index (χ0n) is 21.8. The number of fused-ring (bicyclic) bond motifs is 5. The number of carbonyl (C=O) groups is 1. The predicted octanol–water partition coefficient (Wildman–Crippen LogP) is 2.36. The summed E-state index contributed by atoms with van der Waals surface area (Å²) in [5, 5.41) is 12.2. The topological polar surface area (TPSA) is 97.1 Å². The molecule has 0 saturated carbocycles. The number of likely N-dealkylation sites (N-methyl/N-ethyl adjacent to an activating group) is 1. The van der Waals surface area contributed by atoms with Gasteiger partial charge in [0.15, 0.2) is 11.6 Å². The molecule has 0 spiro atoms. The maximum absolute atomic E-state index is 14.8. The van der Waals surface area contributed by atoms with Gasteiger partial charge < -0.3 is 24.0 Å². The van der Waals surface area contributed by atoms with Crippen LogP contribution in [0, 0.1) is 5.82 Å². The lowest BCUT2D eigenvalue weighted by Crippen LogP contribution is -2.44. The zero-order chi connectivity index (χ0) is 26.8. The molecule has 0 aliphatic carbocycles. The van der Waals surface area contributed by atoms with Crippen LogP contribution in [0.4, 0.5) is 4.39 Å². The second-order valence-electron chi connectivity index (χ2n) is 10.5. The molecule has 1 fully saturated rings. The molecule has 0 radical (unpaired) electrons. The molecule has 9 nitrogen and oxygen atoms in total. The molecule has 10 heteroatoms. The van der Waals surface area contributed by atoms with Crippen LogP contribution >= 0.6 is 0 Å². The molecule has 3 aliphatic rings. The number of piperazine rings is 1. The number of aromatic nitrogens is 2. The zero-order valence-corrected chi connectivity index (χ0v) is 21.8. The van der Waals surface area contributed by atoms with Crippen LogP contribution in [0.2, 0.25) is 0 Å². The number of cyclic esters (lactones) is 1. The fraction of sp³-hybridized carbons (Fsp3) is 0.464. The Balaban J connectivity index is 1.57. The van der Waals surface area contributed by atoms with Crippen LogP contribution in [0.15, 0.2) is 23.0 Å². The van der Waals surface area contributed by atoms with Gasteiger partial charge in [-0.1, -0.05) is 6.92 Å². The average Bonchev–Trinajstić information content (AvgIpc) is 3.20. The third-order valence-electron chi connectivity index (χ3n) is 8.31. The lowest BCUT2D eigenvalue weighted by molar-refractivity contribution is -0.149. The van der Waals surface area contributed by atoms with Crippen LogP contribution in [-0.4, -0.2) is 70.8 Å². The van der Waals surface area contributed by atoms with Gasteiger partial charge in [-0.3, -0.25) is 14.5 Å². The normalized spacial score (nSPS) is 21.6. The highest BCUT2D eigenvalue weighted by Crippen LogP contribution is 2.41. The lowest BCUT2D eigenvalue weighted by atomic mass is 9.85. The van der Waals surface area contributed by atoms with E-state index in [0.29, 0.717) is 35.6 Å². The second kappa shape index (κ2) is 9.14. The first kappa shape index (κ1) is 25.0. The number of nitrogens with zero attached hydrogens (tertiary/aromatic N) is 4. The number of benzene rings is 1. The maximum atomic E-state index is 14.8. The van der Waals surface area contributed by atoms with Crippen molar-refractivity contribution in [1.29, 1.82) is 0 Å². The summed E-state index contributed by atoms with van der Waals surface area (Å²) in [4.78, 5) is 35.5. The summed E-state index contributed by atoms with van der Waals surface area (Å²) in [5.74, 6) is -0.905. The van der Waals surface area contributed by atoms with Crippen LogP contribution in [0.25, 0.3) is 22.3 Å². The van der Waals surface area contributed by atoms with Gasteiger partial charge >= 0.3 is 5.97 Å². The summed E-state index contributed by atoms with van der Waals surface area (Å²) in [6.45, 7) is 6.19. The molecular weight excluding hydrogens is 491 g/mol. The van der Waals surface area contributed by atoms with E-state index in [1.807, 2.05) is 0 Å². The van der Waals surface area contributed by atoms with Gasteiger partial charge in [-0.25, -0.2) is 9.37 Å². The fourth-order valence-corrected chi connectivity index (χ4v) is 5.93. The minimum atomic E-state index is -1.51. The average molecular weight is 523 g/mol. The number of rotatable bonds is 4. The molecule has 6 rings (SSSR count). The molecule has 3 aromatic rings. The summed E-state index contributed by atoms with van der Waals surface area (Å²) < 4.78 is 27.0. The molecule has 3 aliphatic heterocycles. The lowest BCUT2D eigenvalue weighted by Gasteiger charge is -2.33. The summed E-state index contributed by atoms with van der Waals surface area (Å²) >= 11 is 0. The van der Waals surface area contributed by atoms with Gasteiger partial charge in [-0.2, -0.15) is 0 Å². The van der Waals surface area contributed by atoms with Crippen molar-refractivity contribution in [2.75, 3.05) is 40.3 Å². The molecule has 0 bridgehead atoms. The van der Waals surface area contributed by atoms with Crippen molar-refractivity contribution in [3.63, 3.8) is 0 Å². The van der Waals surface area contributed by atoms with E-state index >= 15 is 0 Å². The van der Waals surface area contributed by atoms with Crippen molar-refractivity contribution in [2.45, 2.75) is 45.1 Å². The van der Waals surface area contributed by atoms with Crippen LogP contribution < -0.4 is 10.3 Å². The molecule has 0 amide bonds. The molecule has 200 valence electrons. The minimum Gasteiger partial charge on any atom is -0.494 e. The first-order valence-corrected chi connectivity index (χ1v) is 13.0. The van der Waals surface area contributed by atoms with Crippen LogP contribution in [0.3, 0.4) is 0 Å². The minimum absolute atomic E-state index is 0.146. The summed E-state index contributed by atoms with van der Waals surface area (Å²) in [6.07, 6.45) is 0.0206. The Morgan fingerprint density at radius 2 is 1.92 bits per heavy atom.